The molecule has 0 radical (unpaired) electrons. The van der Waals surface area contributed by atoms with Crippen LogP contribution in [0.2, 0.25) is 5.15 Å². The van der Waals surface area contributed by atoms with E-state index < -0.39 is 5.60 Å². The molecule has 26 heavy (non-hydrogen) atoms. The molecule has 2 aromatic heterocycles. The zero-order valence-corrected chi connectivity index (χ0v) is 17.0. The predicted molar refractivity (Wildman–Crippen MR) is 104 cm³/mol. The molecule has 140 valence electrons. The first kappa shape index (κ1) is 18.0. The fourth-order valence-corrected chi connectivity index (χ4v) is 5.17. The van der Waals surface area contributed by atoms with E-state index in [4.69, 9.17) is 16.3 Å². The minimum atomic E-state index is -0.448. The lowest BCUT2D eigenvalue weighted by atomic mass is 9.91. The number of ether oxygens (including phenoxy) is 1. The summed E-state index contributed by atoms with van der Waals surface area (Å²) in [6.45, 7) is 7.20. The molecule has 2 fully saturated rings. The Balaban J connectivity index is 1.53. The standard InChI is InChI=1S/C19H24ClN3O2S/c1-19(2,3)25-18(24)23-8-6-12(7-9-23)16-15(11-4-5-11)13-10-14(20)21-22-17(13)26-16/h10-12H,4-9H2,1-3H3. The van der Waals surface area contributed by atoms with E-state index in [-0.39, 0.29) is 6.09 Å². The number of carbonyl (C=O) groups is 1. The summed E-state index contributed by atoms with van der Waals surface area (Å²) in [5.74, 6) is 1.12. The van der Waals surface area contributed by atoms with Gasteiger partial charge < -0.3 is 9.64 Å². The number of thiophene rings is 1. The Labute approximate surface area is 162 Å². The van der Waals surface area contributed by atoms with Gasteiger partial charge in [0.25, 0.3) is 0 Å². The number of carbonyl (C=O) groups excluding carboxylic acids is 1. The van der Waals surface area contributed by atoms with E-state index in [1.165, 1.54) is 28.7 Å². The lowest BCUT2D eigenvalue weighted by molar-refractivity contribution is 0.0205. The van der Waals surface area contributed by atoms with Gasteiger partial charge in [0.2, 0.25) is 0 Å². The average molecular weight is 394 g/mol. The number of likely N-dealkylation sites (tertiary alicyclic amines) is 1. The van der Waals surface area contributed by atoms with Crippen LogP contribution >= 0.6 is 22.9 Å². The van der Waals surface area contributed by atoms with Crippen molar-refractivity contribution in [2.24, 2.45) is 0 Å². The number of aromatic nitrogens is 2. The van der Waals surface area contributed by atoms with Crippen molar-refractivity contribution in [1.29, 1.82) is 0 Å². The molecule has 2 aromatic rings. The van der Waals surface area contributed by atoms with E-state index in [1.54, 1.807) is 11.3 Å². The molecule has 1 amide bonds. The molecule has 0 N–H and O–H groups in total. The third-order valence-corrected chi connectivity index (χ3v) is 6.45. The summed E-state index contributed by atoms with van der Waals surface area (Å²) in [7, 11) is 0. The number of nitrogens with zero attached hydrogens (tertiary/aromatic N) is 3. The van der Waals surface area contributed by atoms with E-state index >= 15 is 0 Å². The number of rotatable bonds is 2. The number of piperidine rings is 1. The van der Waals surface area contributed by atoms with Crippen molar-refractivity contribution in [3.63, 3.8) is 0 Å². The normalized spacial score (nSPS) is 19.2. The van der Waals surface area contributed by atoms with Crippen LogP contribution in [0, 0.1) is 0 Å². The highest BCUT2D eigenvalue weighted by molar-refractivity contribution is 7.19. The third kappa shape index (κ3) is 3.67. The van der Waals surface area contributed by atoms with Crippen LogP contribution in [0.1, 0.15) is 68.7 Å². The molecule has 5 nitrogen and oxygen atoms in total. The van der Waals surface area contributed by atoms with Crippen LogP contribution in [-0.4, -0.2) is 39.9 Å². The topological polar surface area (TPSA) is 55.3 Å². The van der Waals surface area contributed by atoms with Crippen molar-refractivity contribution < 1.29 is 9.53 Å². The first-order chi connectivity index (χ1) is 12.3. The monoisotopic (exact) mass is 393 g/mol. The first-order valence-electron chi connectivity index (χ1n) is 9.25. The smallest absolute Gasteiger partial charge is 0.410 e. The van der Waals surface area contributed by atoms with Crippen LogP contribution in [0.4, 0.5) is 4.79 Å². The van der Waals surface area contributed by atoms with Gasteiger partial charge in [0.15, 0.2) is 5.15 Å². The summed E-state index contributed by atoms with van der Waals surface area (Å²) in [6.07, 6.45) is 4.22. The molecule has 0 atom stereocenters. The Kier molecular flexibility index (Phi) is 4.59. The van der Waals surface area contributed by atoms with Gasteiger partial charge in [-0.3, -0.25) is 0 Å². The summed E-state index contributed by atoms with van der Waals surface area (Å²) >= 11 is 7.85. The van der Waals surface area contributed by atoms with Gasteiger partial charge in [-0.2, -0.15) is 0 Å². The van der Waals surface area contributed by atoms with Crippen LogP contribution in [0.3, 0.4) is 0 Å². The zero-order valence-electron chi connectivity index (χ0n) is 15.4. The molecule has 3 heterocycles. The van der Waals surface area contributed by atoms with Gasteiger partial charge in [0.1, 0.15) is 10.4 Å². The molecule has 4 rings (SSSR count). The molecular weight excluding hydrogens is 370 g/mol. The third-order valence-electron chi connectivity index (χ3n) is 5.00. The summed E-state index contributed by atoms with van der Waals surface area (Å²) in [5, 5.41) is 9.96. The van der Waals surface area contributed by atoms with Crippen molar-refractivity contribution >= 4 is 39.2 Å². The van der Waals surface area contributed by atoms with Crippen LogP contribution in [0.15, 0.2) is 6.07 Å². The largest absolute Gasteiger partial charge is 0.444 e. The van der Waals surface area contributed by atoms with Crippen molar-refractivity contribution in [2.45, 2.75) is 63.9 Å². The Morgan fingerprint density at radius 3 is 2.50 bits per heavy atom. The van der Waals surface area contributed by atoms with Gasteiger partial charge in [-0.25, -0.2) is 4.79 Å². The van der Waals surface area contributed by atoms with Crippen molar-refractivity contribution in [3.8, 4) is 0 Å². The molecule has 1 aliphatic carbocycles. The number of halogens is 1. The van der Waals surface area contributed by atoms with Crippen LogP contribution < -0.4 is 0 Å². The molecule has 7 heteroatoms. The summed E-state index contributed by atoms with van der Waals surface area (Å²) in [4.78, 5) is 16.5. The first-order valence-corrected chi connectivity index (χ1v) is 10.4. The Hall–Kier alpha value is -1.40. The minimum Gasteiger partial charge on any atom is -0.444 e. The number of fused-ring (bicyclic) bond motifs is 1. The lowest BCUT2D eigenvalue weighted by Crippen LogP contribution is -2.41. The van der Waals surface area contributed by atoms with Crippen LogP contribution in [0.25, 0.3) is 10.2 Å². The molecule has 2 aliphatic rings. The second-order valence-electron chi connectivity index (χ2n) is 8.28. The Morgan fingerprint density at radius 2 is 1.88 bits per heavy atom. The summed E-state index contributed by atoms with van der Waals surface area (Å²) < 4.78 is 5.51. The lowest BCUT2D eigenvalue weighted by Gasteiger charge is -2.33. The number of hydrogen-bond acceptors (Lipinski definition) is 5. The maximum atomic E-state index is 12.3. The molecule has 0 bridgehead atoms. The van der Waals surface area contributed by atoms with Gasteiger partial charge >= 0.3 is 6.09 Å². The molecule has 1 saturated carbocycles. The van der Waals surface area contributed by atoms with E-state index in [1.807, 2.05) is 31.7 Å². The second kappa shape index (κ2) is 6.64. The van der Waals surface area contributed by atoms with Gasteiger partial charge in [0.05, 0.1) is 0 Å². The molecule has 0 aromatic carbocycles. The van der Waals surface area contributed by atoms with E-state index in [0.717, 1.165) is 30.8 Å². The Bertz CT molecular complexity index is 833. The molecule has 1 saturated heterocycles. The van der Waals surface area contributed by atoms with Gasteiger partial charge in [-0.15, -0.1) is 21.5 Å². The Morgan fingerprint density at radius 1 is 1.19 bits per heavy atom. The quantitative estimate of drug-likeness (QED) is 0.691. The van der Waals surface area contributed by atoms with Crippen molar-refractivity contribution in [2.75, 3.05) is 13.1 Å². The van der Waals surface area contributed by atoms with Crippen molar-refractivity contribution in [3.05, 3.63) is 21.7 Å². The van der Waals surface area contributed by atoms with Crippen LogP contribution in [-0.2, 0) is 4.74 Å². The minimum absolute atomic E-state index is 0.202. The SMILES string of the molecule is CC(C)(C)OC(=O)N1CCC(c2sc3nnc(Cl)cc3c2C2CC2)CC1. The van der Waals surface area contributed by atoms with Gasteiger partial charge in [-0.1, -0.05) is 11.6 Å². The highest BCUT2D eigenvalue weighted by Gasteiger charge is 2.35. The molecule has 0 spiro atoms. The van der Waals surface area contributed by atoms with Crippen LogP contribution in [0.5, 0.6) is 0 Å². The fourth-order valence-electron chi connectivity index (χ4n) is 3.66. The highest BCUT2D eigenvalue weighted by atomic mass is 35.5. The summed E-state index contributed by atoms with van der Waals surface area (Å²) in [6, 6.07) is 1.97. The zero-order chi connectivity index (χ0) is 18.5. The predicted octanol–water partition coefficient (Wildman–Crippen LogP) is 5.34. The van der Waals surface area contributed by atoms with Gasteiger partial charge in [0, 0.05) is 23.4 Å². The maximum absolute atomic E-state index is 12.3. The average Bonchev–Trinajstić information content (AvgIpc) is 3.34. The maximum Gasteiger partial charge on any atom is 0.410 e. The van der Waals surface area contributed by atoms with E-state index in [9.17, 15) is 4.79 Å². The van der Waals surface area contributed by atoms with Crippen molar-refractivity contribution in [1.82, 2.24) is 15.1 Å². The van der Waals surface area contributed by atoms with Gasteiger partial charge in [-0.05, 0) is 69.9 Å². The second-order valence-corrected chi connectivity index (χ2v) is 9.70. The number of amides is 1. The van der Waals surface area contributed by atoms with E-state index in [0.29, 0.717) is 17.0 Å². The molecule has 0 unspecified atom stereocenters. The van der Waals surface area contributed by atoms with E-state index in [2.05, 4.69) is 10.2 Å². The molecular formula is C19H24ClN3O2S. The molecule has 1 aliphatic heterocycles. The highest BCUT2D eigenvalue weighted by Crippen LogP contribution is 2.51. The summed E-state index contributed by atoms with van der Waals surface area (Å²) in [5.41, 5.74) is 0.994. The fraction of sp³-hybridized carbons (Fsp3) is 0.632. The number of hydrogen-bond donors (Lipinski definition) is 0.